The summed E-state index contributed by atoms with van der Waals surface area (Å²) in [7, 11) is 0. The van der Waals surface area contributed by atoms with E-state index in [1.54, 1.807) is 0 Å². The Morgan fingerprint density at radius 3 is 2.43 bits per heavy atom. The average molecular weight is 296 g/mol. The third-order valence-electron chi connectivity index (χ3n) is 5.35. The minimum atomic E-state index is -0.758. The molecule has 2 fully saturated rings. The molecule has 120 valence electrons. The number of hydrogen-bond donors (Lipinski definition) is 1. The Morgan fingerprint density at radius 2 is 1.86 bits per heavy atom. The lowest BCUT2D eigenvalue weighted by Crippen LogP contribution is -2.51. The van der Waals surface area contributed by atoms with E-state index in [0.717, 1.165) is 45.3 Å². The SMILES string of the molecule is CCC1(C)CCN(C(=O)N2CCCC(CC(=O)O)C2)CC1. The van der Waals surface area contributed by atoms with Gasteiger partial charge in [-0.15, -0.1) is 0 Å². The van der Waals surface area contributed by atoms with E-state index in [4.69, 9.17) is 5.11 Å². The van der Waals surface area contributed by atoms with E-state index in [-0.39, 0.29) is 18.4 Å². The summed E-state index contributed by atoms with van der Waals surface area (Å²) in [6, 6.07) is 0.114. The van der Waals surface area contributed by atoms with Gasteiger partial charge in [0.05, 0.1) is 0 Å². The molecule has 2 aliphatic heterocycles. The van der Waals surface area contributed by atoms with Crippen molar-refractivity contribution in [3.63, 3.8) is 0 Å². The Morgan fingerprint density at radius 1 is 1.19 bits per heavy atom. The molecule has 0 bridgehead atoms. The summed E-state index contributed by atoms with van der Waals surface area (Å²) < 4.78 is 0. The molecule has 21 heavy (non-hydrogen) atoms. The van der Waals surface area contributed by atoms with E-state index in [1.807, 2.05) is 9.80 Å². The number of aliphatic carboxylic acids is 1. The number of carbonyl (C=O) groups is 2. The predicted molar refractivity (Wildman–Crippen MR) is 81.2 cm³/mol. The van der Waals surface area contributed by atoms with Crippen LogP contribution in [0.5, 0.6) is 0 Å². The molecule has 2 heterocycles. The first-order valence-electron chi connectivity index (χ1n) is 8.19. The summed E-state index contributed by atoms with van der Waals surface area (Å²) in [5.41, 5.74) is 0.379. The highest BCUT2D eigenvalue weighted by Gasteiger charge is 2.33. The van der Waals surface area contributed by atoms with E-state index in [2.05, 4.69) is 13.8 Å². The molecule has 0 radical (unpaired) electrons. The van der Waals surface area contributed by atoms with Gasteiger partial charge < -0.3 is 14.9 Å². The van der Waals surface area contributed by atoms with Crippen molar-refractivity contribution < 1.29 is 14.7 Å². The number of carboxylic acid groups (broad SMARTS) is 1. The van der Waals surface area contributed by atoms with Crippen LogP contribution >= 0.6 is 0 Å². The Kier molecular flexibility index (Phi) is 5.12. The van der Waals surface area contributed by atoms with Crippen molar-refractivity contribution in [2.45, 2.75) is 52.4 Å². The lowest BCUT2D eigenvalue weighted by Gasteiger charge is -2.42. The van der Waals surface area contributed by atoms with Gasteiger partial charge in [-0.3, -0.25) is 4.79 Å². The van der Waals surface area contributed by atoms with Gasteiger partial charge in [-0.1, -0.05) is 20.3 Å². The fraction of sp³-hybridized carbons (Fsp3) is 0.875. The number of amides is 2. The molecule has 1 unspecified atom stereocenters. The number of urea groups is 1. The molecule has 2 amide bonds. The van der Waals surface area contributed by atoms with Crippen LogP contribution in [-0.2, 0) is 4.79 Å². The molecule has 0 saturated carbocycles. The normalized spacial score (nSPS) is 25.7. The molecule has 2 rings (SSSR count). The highest BCUT2D eigenvalue weighted by atomic mass is 16.4. The molecule has 0 aliphatic carbocycles. The van der Waals surface area contributed by atoms with Crippen molar-refractivity contribution >= 4 is 12.0 Å². The van der Waals surface area contributed by atoms with Crippen molar-refractivity contribution in [1.29, 1.82) is 0 Å². The monoisotopic (exact) mass is 296 g/mol. The summed E-state index contributed by atoms with van der Waals surface area (Å²) in [4.78, 5) is 27.3. The molecule has 0 spiro atoms. The zero-order valence-electron chi connectivity index (χ0n) is 13.3. The Labute approximate surface area is 127 Å². The smallest absolute Gasteiger partial charge is 0.320 e. The van der Waals surface area contributed by atoms with Crippen molar-refractivity contribution in [2.24, 2.45) is 11.3 Å². The molecule has 1 N–H and O–H groups in total. The van der Waals surface area contributed by atoms with Crippen LogP contribution in [0.1, 0.15) is 52.4 Å². The van der Waals surface area contributed by atoms with Crippen LogP contribution in [0.2, 0.25) is 0 Å². The molecule has 5 heteroatoms. The summed E-state index contributed by atoms with van der Waals surface area (Å²) in [5, 5.41) is 8.91. The van der Waals surface area contributed by atoms with Gasteiger partial charge in [0.25, 0.3) is 0 Å². The Balaban J connectivity index is 1.87. The van der Waals surface area contributed by atoms with E-state index in [9.17, 15) is 9.59 Å². The number of piperidine rings is 2. The second-order valence-corrected chi connectivity index (χ2v) is 6.99. The van der Waals surface area contributed by atoms with Crippen LogP contribution in [0.25, 0.3) is 0 Å². The lowest BCUT2D eigenvalue weighted by molar-refractivity contribution is -0.138. The van der Waals surface area contributed by atoms with Gasteiger partial charge in [-0.25, -0.2) is 4.79 Å². The van der Waals surface area contributed by atoms with Gasteiger partial charge in [0.2, 0.25) is 0 Å². The van der Waals surface area contributed by atoms with Gasteiger partial charge in [-0.2, -0.15) is 0 Å². The van der Waals surface area contributed by atoms with Crippen LogP contribution in [-0.4, -0.2) is 53.1 Å². The molecule has 0 aromatic rings. The predicted octanol–water partition coefficient (Wildman–Crippen LogP) is 2.81. The molecule has 2 aliphatic rings. The van der Waals surface area contributed by atoms with Crippen molar-refractivity contribution in [2.75, 3.05) is 26.2 Å². The first-order chi connectivity index (χ1) is 9.93. The maximum atomic E-state index is 12.6. The average Bonchev–Trinajstić information content (AvgIpc) is 2.47. The highest BCUT2D eigenvalue weighted by molar-refractivity contribution is 5.75. The summed E-state index contributed by atoms with van der Waals surface area (Å²) >= 11 is 0. The van der Waals surface area contributed by atoms with Crippen molar-refractivity contribution in [3.8, 4) is 0 Å². The number of carbonyl (C=O) groups excluding carboxylic acids is 1. The Hall–Kier alpha value is -1.26. The molecule has 1 atom stereocenters. The fourth-order valence-corrected chi connectivity index (χ4v) is 3.44. The quantitative estimate of drug-likeness (QED) is 0.871. The minimum Gasteiger partial charge on any atom is -0.481 e. The second kappa shape index (κ2) is 6.67. The van der Waals surface area contributed by atoms with E-state index < -0.39 is 5.97 Å². The molecule has 2 saturated heterocycles. The molecule has 5 nitrogen and oxygen atoms in total. The number of likely N-dealkylation sites (tertiary alicyclic amines) is 2. The number of carboxylic acids is 1. The van der Waals surface area contributed by atoms with Crippen LogP contribution in [0.15, 0.2) is 0 Å². The minimum absolute atomic E-state index is 0.114. The number of hydrogen-bond acceptors (Lipinski definition) is 2. The largest absolute Gasteiger partial charge is 0.481 e. The molecular formula is C16H28N2O3. The topological polar surface area (TPSA) is 60.9 Å². The third-order valence-corrected chi connectivity index (χ3v) is 5.35. The Bertz CT molecular complexity index is 389. The third kappa shape index (κ3) is 4.11. The summed E-state index contributed by atoms with van der Waals surface area (Å²) in [6.07, 6.45) is 5.33. The van der Waals surface area contributed by atoms with Crippen molar-refractivity contribution in [3.05, 3.63) is 0 Å². The van der Waals surface area contributed by atoms with Crippen LogP contribution in [0.4, 0.5) is 4.79 Å². The standard InChI is InChI=1S/C16H28N2O3/c1-3-16(2)6-9-17(10-7-16)15(21)18-8-4-5-13(12-18)11-14(19)20/h13H,3-12H2,1-2H3,(H,19,20). The molecular weight excluding hydrogens is 268 g/mol. The summed E-state index contributed by atoms with van der Waals surface area (Å²) in [5.74, 6) is -0.642. The van der Waals surface area contributed by atoms with Gasteiger partial charge in [0.1, 0.15) is 0 Å². The van der Waals surface area contributed by atoms with E-state index >= 15 is 0 Å². The zero-order valence-corrected chi connectivity index (χ0v) is 13.3. The van der Waals surface area contributed by atoms with Crippen molar-refractivity contribution in [1.82, 2.24) is 9.80 Å². The van der Waals surface area contributed by atoms with E-state index in [0.29, 0.717) is 12.0 Å². The van der Waals surface area contributed by atoms with E-state index in [1.165, 1.54) is 6.42 Å². The zero-order chi connectivity index (χ0) is 15.5. The maximum absolute atomic E-state index is 12.6. The first kappa shape index (κ1) is 16.1. The number of rotatable bonds is 3. The number of nitrogens with zero attached hydrogens (tertiary/aromatic N) is 2. The van der Waals surface area contributed by atoms with Crippen LogP contribution < -0.4 is 0 Å². The first-order valence-corrected chi connectivity index (χ1v) is 8.19. The lowest BCUT2D eigenvalue weighted by atomic mass is 9.78. The van der Waals surface area contributed by atoms with Gasteiger partial charge in [-0.05, 0) is 37.0 Å². The highest BCUT2D eigenvalue weighted by Crippen LogP contribution is 2.34. The van der Waals surface area contributed by atoms with Gasteiger partial charge in [0.15, 0.2) is 0 Å². The van der Waals surface area contributed by atoms with Gasteiger partial charge >= 0.3 is 12.0 Å². The molecule has 0 aromatic carbocycles. The van der Waals surface area contributed by atoms with Crippen LogP contribution in [0.3, 0.4) is 0 Å². The van der Waals surface area contributed by atoms with Crippen LogP contribution in [0, 0.1) is 11.3 Å². The van der Waals surface area contributed by atoms with Gasteiger partial charge in [0, 0.05) is 32.6 Å². The second-order valence-electron chi connectivity index (χ2n) is 6.99. The fourth-order valence-electron chi connectivity index (χ4n) is 3.44. The molecule has 0 aromatic heterocycles. The summed E-state index contributed by atoms with van der Waals surface area (Å²) in [6.45, 7) is 7.58. The maximum Gasteiger partial charge on any atom is 0.320 e.